The van der Waals surface area contributed by atoms with Crippen molar-refractivity contribution in [3.63, 3.8) is 0 Å². The van der Waals surface area contributed by atoms with E-state index >= 15 is 0 Å². The Morgan fingerprint density at radius 3 is 2.27 bits per heavy atom. The molecule has 0 bridgehead atoms. The fourth-order valence-electron chi connectivity index (χ4n) is 1.34. The summed E-state index contributed by atoms with van der Waals surface area (Å²) in [6.45, 7) is 6.25. The van der Waals surface area contributed by atoms with E-state index in [1.54, 1.807) is 0 Å². The fourth-order valence-corrected chi connectivity index (χ4v) is 1.34. The van der Waals surface area contributed by atoms with Crippen LogP contribution in [-0.2, 0) is 4.74 Å². The summed E-state index contributed by atoms with van der Waals surface area (Å²) in [6, 6.07) is 1.32. The normalized spacial score (nSPS) is 19.9. The molecule has 1 aliphatic heterocycles. The highest BCUT2D eigenvalue weighted by atomic mass is 16.5. The third-order valence-corrected chi connectivity index (χ3v) is 1.79. The molecule has 1 N–H and O–H groups in total. The molecule has 68 valence electrons. The molecule has 0 unspecified atom stereocenters. The lowest BCUT2D eigenvalue weighted by molar-refractivity contribution is 0.0760. The molecule has 1 rings (SSSR count). The van der Waals surface area contributed by atoms with E-state index in [1.165, 1.54) is 12.8 Å². The van der Waals surface area contributed by atoms with Gasteiger partial charge in [0.1, 0.15) is 0 Å². The van der Waals surface area contributed by atoms with E-state index in [1.807, 2.05) is 0 Å². The second-order valence-corrected chi connectivity index (χ2v) is 3.21. The van der Waals surface area contributed by atoms with Gasteiger partial charge in [-0.1, -0.05) is 21.3 Å². The Kier molecular flexibility index (Phi) is 5.51. The van der Waals surface area contributed by atoms with Crippen molar-refractivity contribution in [1.29, 1.82) is 0 Å². The summed E-state index contributed by atoms with van der Waals surface area (Å²) in [5, 5.41) is 3.50. The van der Waals surface area contributed by atoms with E-state index < -0.39 is 0 Å². The van der Waals surface area contributed by atoms with Crippen LogP contribution in [0.3, 0.4) is 0 Å². The molecule has 1 aliphatic rings. The van der Waals surface area contributed by atoms with Gasteiger partial charge in [0.15, 0.2) is 0 Å². The Morgan fingerprint density at radius 2 is 1.82 bits per heavy atom. The molecule has 0 aromatic rings. The maximum absolute atomic E-state index is 5.24. The van der Waals surface area contributed by atoms with Crippen molar-refractivity contribution in [3.05, 3.63) is 0 Å². The summed E-state index contributed by atoms with van der Waals surface area (Å²) >= 11 is 0. The highest BCUT2D eigenvalue weighted by molar-refractivity contribution is 4.71. The largest absolute Gasteiger partial charge is 0.381 e. The molecular formula is C9H21NO. The average molecular weight is 159 g/mol. The van der Waals surface area contributed by atoms with Crippen LogP contribution in [0.15, 0.2) is 0 Å². The lowest BCUT2D eigenvalue weighted by atomic mass is 10.1. The Bertz CT molecular complexity index is 87.6. The van der Waals surface area contributed by atoms with Gasteiger partial charge in [-0.05, 0) is 12.8 Å². The van der Waals surface area contributed by atoms with Gasteiger partial charge in [0.05, 0.1) is 0 Å². The molecule has 1 heterocycles. The molecule has 1 saturated heterocycles. The molecule has 0 amide bonds. The van der Waals surface area contributed by atoms with Crippen molar-refractivity contribution in [3.8, 4) is 0 Å². The highest BCUT2D eigenvalue weighted by Gasteiger charge is 2.13. The topological polar surface area (TPSA) is 21.3 Å². The molecule has 2 nitrogen and oxygen atoms in total. The van der Waals surface area contributed by atoms with Crippen molar-refractivity contribution in [2.45, 2.75) is 46.2 Å². The van der Waals surface area contributed by atoms with E-state index in [2.05, 4.69) is 19.2 Å². The third-order valence-electron chi connectivity index (χ3n) is 1.79. The number of rotatable bonds is 2. The van der Waals surface area contributed by atoms with Crippen molar-refractivity contribution >= 4 is 0 Å². The van der Waals surface area contributed by atoms with Gasteiger partial charge in [0.2, 0.25) is 0 Å². The summed E-state index contributed by atoms with van der Waals surface area (Å²) < 4.78 is 5.24. The van der Waals surface area contributed by atoms with E-state index in [0.717, 1.165) is 13.2 Å². The Morgan fingerprint density at radius 1 is 1.27 bits per heavy atom. The average Bonchev–Trinajstić information content (AvgIpc) is 1.88. The van der Waals surface area contributed by atoms with E-state index in [9.17, 15) is 0 Å². The van der Waals surface area contributed by atoms with Crippen LogP contribution in [0, 0.1) is 0 Å². The van der Waals surface area contributed by atoms with Gasteiger partial charge in [-0.3, -0.25) is 0 Å². The molecule has 2 heteroatoms. The van der Waals surface area contributed by atoms with Crippen LogP contribution in [0.5, 0.6) is 0 Å². The van der Waals surface area contributed by atoms with Crippen LogP contribution in [0.2, 0.25) is 0 Å². The molecule has 0 aromatic carbocycles. The lowest BCUT2D eigenvalue weighted by Crippen LogP contribution is -2.38. The maximum Gasteiger partial charge on any atom is 0.0480 e. The number of hydrogen-bond acceptors (Lipinski definition) is 2. The lowest BCUT2D eigenvalue weighted by Gasteiger charge is -2.24. The first-order valence-corrected chi connectivity index (χ1v) is 4.13. The molecular weight excluding hydrogens is 138 g/mol. The second-order valence-electron chi connectivity index (χ2n) is 3.21. The smallest absolute Gasteiger partial charge is 0.0480 e. The summed E-state index contributed by atoms with van der Waals surface area (Å²) in [6.07, 6.45) is 2.36. The quantitative estimate of drug-likeness (QED) is 0.663. The van der Waals surface area contributed by atoms with Crippen LogP contribution in [0.4, 0.5) is 0 Å². The summed E-state index contributed by atoms with van der Waals surface area (Å²) in [5.74, 6) is 0. The minimum absolute atomic E-state index is 0. The first-order valence-electron chi connectivity index (χ1n) is 4.13. The first-order chi connectivity index (χ1) is 4.79. The van der Waals surface area contributed by atoms with Crippen molar-refractivity contribution < 1.29 is 4.74 Å². The zero-order valence-electron chi connectivity index (χ0n) is 6.89. The Balaban J connectivity index is 0.000001000. The van der Waals surface area contributed by atoms with Gasteiger partial charge in [0, 0.05) is 25.3 Å². The predicted molar refractivity (Wildman–Crippen MR) is 48.8 cm³/mol. The minimum Gasteiger partial charge on any atom is -0.381 e. The van der Waals surface area contributed by atoms with Crippen molar-refractivity contribution in [1.82, 2.24) is 5.32 Å². The van der Waals surface area contributed by atoms with Crippen LogP contribution in [-0.4, -0.2) is 25.3 Å². The molecule has 0 saturated carbocycles. The second kappa shape index (κ2) is 5.56. The minimum atomic E-state index is 0. The van der Waals surface area contributed by atoms with Crippen LogP contribution < -0.4 is 5.32 Å². The fraction of sp³-hybridized carbons (Fsp3) is 1.00. The number of hydrogen-bond donors (Lipinski definition) is 1. The molecule has 0 radical (unpaired) electrons. The molecule has 0 atom stereocenters. The molecule has 0 aliphatic carbocycles. The van der Waals surface area contributed by atoms with Gasteiger partial charge in [-0.2, -0.15) is 0 Å². The molecule has 11 heavy (non-hydrogen) atoms. The van der Waals surface area contributed by atoms with Gasteiger partial charge in [-0.25, -0.2) is 0 Å². The van der Waals surface area contributed by atoms with Gasteiger partial charge < -0.3 is 10.1 Å². The number of nitrogens with one attached hydrogen (secondary N) is 1. The summed E-state index contributed by atoms with van der Waals surface area (Å²) in [7, 11) is 0. The molecule has 0 aromatic heterocycles. The van der Waals surface area contributed by atoms with Crippen molar-refractivity contribution in [2.75, 3.05) is 13.2 Å². The molecule has 1 fully saturated rings. The van der Waals surface area contributed by atoms with E-state index in [0.29, 0.717) is 12.1 Å². The highest BCUT2D eigenvalue weighted by Crippen LogP contribution is 2.06. The van der Waals surface area contributed by atoms with Gasteiger partial charge in [0.25, 0.3) is 0 Å². The molecule has 0 spiro atoms. The van der Waals surface area contributed by atoms with Gasteiger partial charge in [-0.15, -0.1) is 0 Å². The van der Waals surface area contributed by atoms with E-state index in [-0.39, 0.29) is 7.43 Å². The van der Waals surface area contributed by atoms with Crippen LogP contribution in [0.25, 0.3) is 0 Å². The number of ether oxygens (including phenoxy) is 1. The zero-order valence-corrected chi connectivity index (χ0v) is 6.89. The van der Waals surface area contributed by atoms with E-state index in [4.69, 9.17) is 4.74 Å². The maximum atomic E-state index is 5.24. The van der Waals surface area contributed by atoms with Crippen LogP contribution in [0.1, 0.15) is 34.1 Å². The van der Waals surface area contributed by atoms with Gasteiger partial charge >= 0.3 is 0 Å². The Hall–Kier alpha value is -0.0800. The zero-order chi connectivity index (χ0) is 7.40. The third kappa shape index (κ3) is 4.38. The summed E-state index contributed by atoms with van der Waals surface area (Å²) in [5.41, 5.74) is 0. The SMILES string of the molecule is C.CC(C)NC1CCOCC1. The van der Waals surface area contributed by atoms with Crippen molar-refractivity contribution in [2.24, 2.45) is 0 Å². The summed E-state index contributed by atoms with van der Waals surface area (Å²) in [4.78, 5) is 0. The first kappa shape index (κ1) is 10.9. The van der Waals surface area contributed by atoms with Crippen LogP contribution >= 0.6 is 0 Å². The standard InChI is InChI=1S/C8H17NO.CH4/c1-7(2)9-8-3-5-10-6-4-8;/h7-9H,3-6H2,1-2H3;1H4. The Labute approximate surface area is 70.3 Å². The predicted octanol–water partition coefficient (Wildman–Crippen LogP) is 1.80. The monoisotopic (exact) mass is 159 g/mol.